The van der Waals surface area contributed by atoms with Crippen molar-refractivity contribution in [1.82, 2.24) is 0 Å². The van der Waals surface area contributed by atoms with Crippen LogP contribution >= 0.6 is 0 Å². The fourth-order valence-electron chi connectivity index (χ4n) is 1.54. The molecule has 1 aliphatic rings. The van der Waals surface area contributed by atoms with E-state index in [1.165, 1.54) is 12.8 Å². The quantitative estimate of drug-likeness (QED) is 0.705. The molecule has 0 aromatic rings. The summed E-state index contributed by atoms with van der Waals surface area (Å²) in [4.78, 5) is 0. The molecule has 1 rings (SSSR count). The molecule has 0 bridgehead atoms. The molecule has 0 saturated heterocycles. The average molecular weight is 196 g/mol. The van der Waals surface area contributed by atoms with E-state index in [0.29, 0.717) is 6.42 Å². The van der Waals surface area contributed by atoms with Crippen molar-refractivity contribution >= 4 is 0 Å². The summed E-state index contributed by atoms with van der Waals surface area (Å²) in [6.07, 6.45) is 4.59. The molecule has 1 saturated carbocycles. The maximum Gasteiger partial charge on any atom is 0.103 e. The van der Waals surface area contributed by atoms with E-state index >= 15 is 0 Å². The Hall–Kier alpha value is -0.590. The van der Waals surface area contributed by atoms with Crippen LogP contribution in [0.4, 0.5) is 0 Å². The lowest BCUT2D eigenvalue weighted by Crippen LogP contribution is -2.38. The molecule has 1 fully saturated rings. The van der Waals surface area contributed by atoms with Crippen LogP contribution in [0.3, 0.4) is 0 Å². The van der Waals surface area contributed by atoms with E-state index in [1.54, 1.807) is 6.92 Å². The number of nitrogens with two attached hydrogens (primary N) is 1. The third kappa shape index (κ3) is 4.59. The lowest BCUT2D eigenvalue weighted by Gasteiger charge is -2.20. The number of nitriles is 1. The zero-order valence-corrected chi connectivity index (χ0v) is 9.12. The Morgan fingerprint density at radius 3 is 2.79 bits per heavy atom. The molecule has 80 valence electrons. The molecule has 2 unspecified atom stereocenters. The Kier molecular flexibility index (Phi) is 3.91. The van der Waals surface area contributed by atoms with Gasteiger partial charge >= 0.3 is 0 Å². The van der Waals surface area contributed by atoms with Gasteiger partial charge in [-0.3, -0.25) is 0 Å². The van der Waals surface area contributed by atoms with Gasteiger partial charge < -0.3 is 10.5 Å². The third-order valence-electron chi connectivity index (χ3n) is 2.59. The van der Waals surface area contributed by atoms with Crippen LogP contribution in [0, 0.1) is 17.2 Å². The standard InChI is InChI=1S/C11H20N2O/c1-9(7-11(2,13)8-12)14-6-5-10-3-4-10/h9-10H,3-7,13H2,1-2H3. The summed E-state index contributed by atoms with van der Waals surface area (Å²) in [6.45, 7) is 4.54. The first-order valence-electron chi connectivity index (χ1n) is 5.35. The van der Waals surface area contributed by atoms with Crippen LogP contribution in [0.25, 0.3) is 0 Å². The number of ether oxygens (including phenoxy) is 1. The van der Waals surface area contributed by atoms with Crippen LogP contribution in [-0.2, 0) is 4.74 Å². The first-order valence-corrected chi connectivity index (χ1v) is 5.35. The molecule has 2 atom stereocenters. The molecule has 0 radical (unpaired) electrons. The van der Waals surface area contributed by atoms with Gasteiger partial charge in [0.05, 0.1) is 12.2 Å². The van der Waals surface area contributed by atoms with Crippen LogP contribution in [0.2, 0.25) is 0 Å². The molecule has 2 N–H and O–H groups in total. The van der Waals surface area contributed by atoms with Gasteiger partial charge in [-0.05, 0) is 26.2 Å². The summed E-state index contributed by atoms with van der Waals surface area (Å²) >= 11 is 0. The Morgan fingerprint density at radius 1 is 1.64 bits per heavy atom. The molecule has 0 aromatic carbocycles. The Bertz CT molecular complexity index is 216. The molecule has 0 aliphatic heterocycles. The van der Waals surface area contributed by atoms with E-state index in [-0.39, 0.29) is 6.10 Å². The molecular weight excluding hydrogens is 176 g/mol. The molecule has 3 nitrogen and oxygen atoms in total. The minimum atomic E-state index is -0.751. The predicted octanol–water partition coefficient (Wildman–Crippen LogP) is 1.82. The normalized spacial score (nSPS) is 22.4. The smallest absolute Gasteiger partial charge is 0.103 e. The van der Waals surface area contributed by atoms with Crippen LogP contribution < -0.4 is 5.73 Å². The van der Waals surface area contributed by atoms with Crippen molar-refractivity contribution in [1.29, 1.82) is 5.26 Å². The molecule has 14 heavy (non-hydrogen) atoms. The molecule has 0 spiro atoms. The lowest BCUT2D eigenvalue weighted by molar-refractivity contribution is 0.0478. The summed E-state index contributed by atoms with van der Waals surface area (Å²) in [5.41, 5.74) is 4.97. The minimum Gasteiger partial charge on any atom is -0.378 e. The second kappa shape index (κ2) is 4.77. The summed E-state index contributed by atoms with van der Waals surface area (Å²) in [5, 5.41) is 8.74. The van der Waals surface area contributed by atoms with E-state index in [9.17, 15) is 0 Å². The van der Waals surface area contributed by atoms with Crippen molar-refractivity contribution < 1.29 is 4.74 Å². The summed E-state index contributed by atoms with van der Waals surface area (Å²) in [7, 11) is 0. The van der Waals surface area contributed by atoms with Crippen molar-refractivity contribution in [3.8, 4) is 6.07 Å². The largest absolute Gasteiger partial charge is 0.378 e. The topological polar surface area (TPSA) is 59.0 Å². The van der Waals surface area contributed by atoms with Crippen molar-refractivity contribution in [2.24, 2.45) is 11.7 Å². The second-order valence-electron chi connectivity index (χ2n) is 4.65. The van der Waals surface area contributed by atoms with Gasteiger partial charge in [-0.25, -0.2) is 0 Å². The van der Waals surface area contributed by atoms with Gasteiger partial charge in [0.15, 0.2) is 0 Å². The molecular formula is C11H20N2O. The van der Waals surface area contributed by atoms with E-state index in [2.05, 4.69) is 6.07 Å². The Balaban J connectivity index is 2.08. The van der Waals surface area contributed by atoms with Gasteiger partial charge in [-0.1, -0.05) is 12.8 Å². The molecule has 0 amide bonds. The minimum absolute atomic E-state index is 0.0865. The van der Waals surface area contributed by atoms with Gasteiger partial charge in [-0.15, -0.1) is 0 Å². The van der Waals surface area contributed by atoms with Crippen molar-refractivity contribution in [2.45, 2.75) is 51.2 Å². The zero-order valence-electron chi connectivity index (χ0n) is 9.12. The first kappa shape index (κ1) is 11.5. The number of hydrogen-bond donors (Lipinski definition) is 1. The summed E-state index contributed by atoms with van der Waals surface area (Å²) in [6, 6.07) is 2.08. The van der Waals surface area contributed by atoms with Crippen molar-refractivity contribution in [2.75, 3.05) is 6.61 Å². The second-order valence-corrected chi connectivity index (χ2v) is 4.65. The van der Waals surface area contributed by atoms with E-state index < -0.39 is 5.54 Å². The van der Waals surface area contributed by atoms with Gasteiger partial charge in [0.25, 0.3) is 0 Å². The first-order chi connectivity index (χ1) is 6.53. The van der Waals surface area contributed by atoms with Crippen LogP contribution in [-0.4, -0.2) is 18.2 Å². The summed E-state index contributed by atoms with van der Waals surface area (Å²) in [5.74, 6) is 0.905. The zero-order chi connectivity index (χ0) is 10.6. The van der Waals surface area contributed by atoms with Crippen molar-refractivity contribution in [3.63, 3.8) is 0 Å². The van der Waals surface area contributed by atoms with E-state index in [1.807, 2.05) is 6.92 Å². The van der Waals surface area contributed by atoms with Crippen LogP contribution in [0.5, 0.6) is 0 Å². The number of nitrogens with zero attached hydrogens (tertiary/aromatic N) is 1. The fourth-order valence-corrected chi connectivity index (χ4v) is 1.54. The highest BCUT2D eigenvalue weighted by Gasteiger charge is 2.23. The number of rotatable bonds is 6. The van der Waals surface area contributed by atoms with Crippen LogP contribution in [0.1, 0.15) is 39.5 Å². The van der Waals surface area contributed by atoms with Crippen molar-refractivity contribution in [3.05, 3.63) is 0 Å². The molecule has 0 aromatic heterocycles. The van der Waals surface area contributed by atoms with Gasteiger partial charge in [-0.2, -0.15) is 5.26 Å². The third-order valence-corrected chi connectivity index (χ3v) is 2.59. The maximum absolute atomic E-state index is 8.74. The number of hydrogen-bond acceptors (Lipinski definition) is 3. The van der Waals surface area contributed by atoms with Gasteiger partial charge in [0, 0.05) is 13.0 Å². The Morgan fingerprint density at radius 2 is 2.29 bits per heavy atom. The van der Waals surface area contributed by atoms with E-state index in [4.69, 9.17) is 15.7 Å². The highest BCUT2D eigenvalue weighted by molar-refractivity contribution is 5.01. The van der Waals surface area contributed by atoms with Gasteiger partial charge in [0.2, 0.25) is 0 Å². The monoisotopic (exact) mass is 196 g/mol. The highest BCUT2D eigenvalue weighted by atomic mass is 16.5. The molecule has 0 heterocycles. The highest BCUT2D eigenvalue weighted by Crippen LogP contribution is 2.32. The maximum atomic E-state index is 8.74. The molecule has 1 aliphatic carbocycles. The van der Waals surface area contributed by atoms with Gasteiger partial charge in [0.1, 0.15) is 5.54 Å². The SMILES string of the molecule is CC(CC(C)(N)C#N)OCCC1CC1. The predicted molar refractivity (Wildman–Crippen MR) is 55.6 cm³/mol. The van der Waals surface area contributed by atoms with E-state index in [0.717, 1.165) is 18.9 Å². The molecule has 3 heteroatoms. The lowest BCUT2D eigenvalue weighted by atomic mass is 9.98. The summed E-state index contributed by atoms with van der Waals surface area (Å²) < 4.78 is 5.60. The Labute approximate surface area is 86.2 Å². The average Bonchev–Trinajstić information content (AvgIpc) is 2.87. The fraction of sp³-hybridized carbons (Fsp3) is 0.909. The van der Waals surface area contributed by atoms with Crippen LogP contribution in [0.15, 0.2) is 0 Å².